The van der Waals surface area contributed by atoms with Gasteiger partial charge in [-0.1, -0.05) is 149 Å². The van der Waals surface area contributed by atoms with Crippen LogP contribution in [0.15, 0.2) is 146 Å². The molecule has 51 heavy (non-hydrogen) atoms. The Hall–Kier alpha value is -5.64. The van der Waals surface area contributed by atoms with Gasteiger partial charge in [0.1, 0.15) is 0 Å². The Morgan fingerprint density at radius 2 is 1.06 bits per heavy atom. The molecule has 0 saturated carbocycles. The van der Waals surface area contributed by atoms with E-state index < -0.39 is 0 Å². The number of fused-ring (bicyclic) bond motifs is 11. The number of thiophene rings is 1. The summed E-state index contributed by atoms with van der Waals surface area (Å²) in [6, 6.07) is 52.5. The predicted molar refractivity (Wildman–Crippen MR) is 218 cm³/mol. The Labute approximate surface area is 302 Å². The molecule has 0 atom stereocenters. The molecule has 7 aromatic carbocycles. The summed E-state index contributed by atoms with van der Waals surface area (Å²) in [5.41, 5.74) is 13.6. The topological polar surface area (TPSA) is 25.8 Å². The van der Waals surface area contributed by atoms with Gasteiger partial charge in [0.05, 0.1) is 22.4 Å². The largest absolute Gasteiger partial charge is 0.244 e. The van der Waals surface area contributed by atoms with Crippen molar-refractivity contribution < 1.29 is 0 Å². The third-order valence-electron chi connectivity index (χ3n) is 11.8. The third kappa shape index (κ3) is 4.34. The molecular formula is C48H36N2S. The lowest BCUT2D eigenvalue weighted by Gasteiger charge is -2.48. The molecule has 244 valence electrons. The monoisotopic (exact) mass is 672 g/mol. The molecule has 0 unspecified atom stereocenters. The molecule has 0 bridgehead atoms. The molecule has 1 aliphatic rings. The van der Waals surface area contributed by atoms with E-state index in [4.69, 9.17) is 9.97 Å². The van der Waals surface area contributed by atoms with Gasteiger partial charge in [-0.25, -0.2) is 9.97 Å². The van der Waals surface area contributed by atoms with Gasteiger partial charge in [-0.2, -0.15) is 0 Å². The molecule has 3 heteroatoms. The lowest BCUT2D eigenvalue weighted by atomic mass is 9.55. The quantitative estimate of drug-likeness (QED) is 0.187. The zero-order valence-corrected chi connectivity index (χ0v) is 30.0. The summed E-state index contributed by atoms with van der Waals surface area (Å²) in [5.74, 6) is 0. The van der Waals surface area contributed by atoms with Crippen molar-refractivity contribution >= 4 is 53.3 Å². The minimum absolute atomic E-state index is 0.0432. The van der Waals surface area contributed by atoms with Crippen LogP contribution in [0, 0.1) is 0 Å². The van der Waals surface area contributed by atoms with Crippen LogP contribution in [0.1, 0.15) is 38.8 Å². The van der Waals surface area contributed by atoms with Crippen LogP contribution in [0.2, 0.25) is 0 Å². The lowest BCUT2D eigenvalue weighted by molar-refractivity contribution is 0.302. The van der Waals surface area contributed by atoms with Gasteiger partial charge in [-0.05, 0) is 73.8 Å². The van der Waals surface area contributed by atoms with Crippen LogP contribution in [-0.4, -0.2) is 9.97 Å². The maximum Gasteiger partial charge on any atom is 0.0973 e. The number of rotatable bonds is 3. The van der Waals surface area contributed by atoms with Crippen LogP contribution < -0.4 is 0 Å². The number of hydrogen-bond donors (Lipinski definition) is 0. The molecule has 0 fully saturated rings. The van der Waals surface area contributed by atoms with Crippen molar-refractivity contribution in [3.63, 3.8) is 0 Å². The van der Waals surface area contributed by atoms with Crippen LogP contribution in [0.5, 0.6) is 0 Å². The van der Waals surface area contributed by atoms with Gasteiger partial charge in [-0.3, -0.25) is 0 Å². The fraction of sp³-hybridized carbons (Fsp3) is 0.125. The Balaban J connectivity index is 1.21. The molecule has 9 aromatic rings. The molecule has 0 saturated heterocycles. The molecule has 1 aliphatic carbocycles. The summed E-state index contributed by atoms with van der Waals surface area (Å²) >= 11 is 1.95. The van der Waals surface area contributed by atoms with Crippen LogP contribution in [-0.2, 0) is 10.8 Å². The highest BCUT2D eigenvalue weighted by Crippen LogP contribution is 2.59. The fourth-order valence-electron chi connectivity index (χ4n) is 8.49. The standard InChI is InChI=1S/C48H36N2S/c1-47(2)37-22-14-13-21-35(37)41-33-19-11-12-20-34(33)42-36-27-31(24-26-40(36)51-46(42)43(41)48(47,3)4)32-23-25-38-39(28-32)50-45(30-17-9-6-10-18-30)44(49-38)29-15-7-5-8-16-29/h5-28H,1-4H3. The fourth-order valence-corrected chi connectivity index (χ4v) is 9.90. The second-order valence-electron chi connectivity index (χ2n) is 15.0. The van der Waals surface area contributed by atoms with Crippen molar-refractivity contribution in [1.29, 1.82) is 0 Å². The highest BCUT2D eigenvalue weighted by molar-refractivity contribution is 7.26. The first-order valence-electron chi connectivity index (χ1n) is 17.8. The van der Waals surface area contributed by atoms with E-state index in [1.54, 1.807) is 0 Å². The molecule has 0 amide bonds. The van der Waals surface area contributed by atoms with Crippen LogP contribution in [0.25, 0.3) is 86.7 Å². The van der Waals surface area contributed by atoms with Gasteiger partial charge in [-0.15, -0.1) is 11.3 Å². The molecule has 2 aromatic heterocycles. The molecule has 2 heterocycles. The summed E-state index contributed by atoms with van der Waals surface area (Å²) < 4.78 is 2.73. The summed E-state index contributed by atoms with van der Waals surface area (Å²) in [6.07, 6.45) is 0. The maximum absolute atomic E-state index is 5.29. The Morgan fingerprint density at radius 3 is 1.78 bits per heavy atom. The van der Waals surface area contributed by atoms with E-state index in [0.717, 1.165) is 39.1 Å². The highest BCUT2D eigenvalue weighted by atomic mass is 32.1. The molecule has 0 radical (unpaired) electrons. The molecule has 10 rings (SSSR count). The van der Waals surface area contributed by atoms with E-state index in [0.29, 0.717) is 0 Å². The predicted octanol–water partition coefficient (Wildman–Crippen LogP) is 13.4. The van der Waals surface area contributed by atoms with Gasteiger partial charge >= 0.3 is 0 Å². The summed E-state index contributed by atoms with van der Waals surface area (Å²) in [5, 5.41) is 5.35. The van der Waals surface area contributed by atoms with E-state index in [2.05, 4.69) is 161 Å². The van der Waals surface area contributed by atoms with Crippen LogP contribution in [0.4, 0.5) is 0 Å². The van der Waals surface area contributed by atoms with E-state index in [9.17, 15) is 0 Å². The zero-order chi connectivity index (χ0) is 34.5. The van der Waals surface area contributed by atoms with Gasteiger partial charge in [0.15, 0.2) is 0 Å². The highest BCUT2D eigenvalue weighted by Gasteiger charge is 2.47. The Kier molecular flexibility index (Phi) is 6.47. The van der Waals surface area contributed by atoms with Gasteiger partial charge in [0.2, 0.25) is 0 Å². The van der Waals surface area contributed by atoms with Crippen molar-refractivity contribution in [2.75, 3.05) is 0 Å². The van der Waals surface area contributed by atoms with E-state index in [-0.39, 0.29) is 10.8 Å². The summed E-state index contributed by atoms with van der Waals surface area (Å²) in [6.45, 7) is 9.76. The third-order valence-corrected chi connectivity index (χ3v) is 13.0. The minimum Gasteiger partial charge on any atom is -0.244 e. The average Bonchev–Trinajstić information content (AvgIpc) is 3.55. The first-order valence-corrected chi connectivity index (χ1v) is 18.6. The molecule has 2 nitrogen and oxygen atoms in total. The number of nitrogens with zero attached hydrogens (tertiary/aromatic N) is 2. The Bertz CT molecular complexity index is 2850. The smallest absolute Gasteiger partial charge is 0.0973 e. The van der Waals surface area contributed by atoms with Crippen molar-refractivity contribution in [3.05, 3.63) is 157 Å². The first kappa shape index (κ1) is 30.2. The maximum atomic E-state index is 5.29. The van der Waals surface area contributed by atoms with Crippen LogP contribution in [0.3, 0.4) is 0 Å². The molecule has 0 aliphatic heterocycles. The minimum atomic E-state index is -0.0885. The lowest BCUT2D eigenvalue weighted by Crippen LogP contribution is -2.43. The zero-order valence-electron chi connectivity index (χ0n) is 29.2. The molecule has 0 spiro atoms. The first-order chi connectivity index (χ1) is 24.8. The summed E-state index contributed by atoms with van der Waals surface area (Å²) in [4.78, 5) is 10.5. The second-order valence-corrected chi connectivity index (χ2v) is 16.0. The van der Waals surface area contributed by atoms with Crippen molar-refractivity contribution in [1.82, 2.24) is 9.97 Å². The molecular weight excluding hydrogens is 637 g/mol. The van der Waals surface area contributed by atoms with E-state index >= 15 is 0 Å². The second kappa shape index (κ2) is 10.9. The van der Waals surface area contributed by atoms with Gasteiger partial charge in [0.25, 0.3) is 0 Å². The van der Waals surface area contributed by atoms with Crippen molar-refractivity contribution in [2.45, 2.75) is 38.5 Å². The van der Waals surface area contributed by atoms with Crippen molar-refractivity contribution in [2.24, 2.45) is 0 Å². The van der Waals surface area contributed by atoms with Gasteiger partial charge < -0.3 is 0 Å². The van der Waals surface area contributed by atoms with Crippen LogP contribution >= 0.6 is 11.3 Å². The van der Waals surface area contributed by atoms with E-state index in [1.807, 2.05) is 23.5 Å². The average molecular weight is 673 g/mol. The van der Waals surface area contributed by atoms with E-state index in [1.165, 1.54) is 58.8 Å². The summed E-state index contributed by atoms with van der Waals surface area (Å²) in [7, 11) is 0. The molecule has 0 N–H and O–H groups in total. The number of benzene rings is 7. The number of aromatic nitrogens is 2. The normalized spacial score (nSPS) is 14.6. The number of hydrogen-bond acceptors (Lipinski definition) is 3. The Morgan fingerprint density at radius 1 is 0.471 bits per heavy atom. The SMILES string of the molecule is CC1(C)c2ccccc2-c2c(c3sc4ccc(-c5ccc6nc(-c7ccccc7)c(-c7ccccc7)nc6c5)cc4c3c3ccccc23)C1(C)C. The van der Waals surface area contributed by atoms with Crippen molar-refractivity contribution in [3.8, 4) is 44.8 Å². The van der Waals surface area contributed by atoms with Gasteiger partial charge in [0, 0.05) is 36.7 Å².